The van der Waals surface area contributed by atoms with Crippen LogP contribution in [0.5, 0.6) is 0 Å². The highest BCUT2D eigenvalue weighted by Gasteiger charge is 2.16. The van der Waals surface area contributed by atoms with Crippen molar-refractivity contribution in [2.24, 2.45) is 5.16 Å². The van der Waals surface area contributed by atoms with E-state index in [0.717, 1.165) is 18.6 Å². The van der Waals surface area contributed by atoms with E-state index < -0.39 is 8.32 Å². The van der Waals surface area contributed by atoms with Crippen molar-refractivity contribution in [2.75, 3.05) is 0 Å². The van der Waals surface area contributed by atoms with Gasteiger partial charge in [-0.25, -0.2) is 0 Å². The van der Waals surface area contributed by atoms with Crippen LogP contribution in [-0.4, -0.2) is 14.0 Å². The summed E-state index contributed by atoms with van der Waals surface area (Å²) < 4.78 is 5.66. The van der Waals surface area contributed by atoms with Gasteiger partial charge in [0.25, 0.3) is 8.32 Å². The number of hydrogen-bond donors (Lipinski definition) is 0. The zero-order chi connectivity index (χ0) is 12.9. The van der Waals surface area contributed by atoms with Crippen molar-refractivity contribution in [3.8, 4) is 0 Å². The molecule has 0 aromatic heterocycles. The highest BCUT2D eigenvalue weighted by molar-refractivity contribution is 6.69. The molecule has 1 rings (SSSR count). The first-order valence-corrected chi connectivity index (χ1v) is 9.65. The molecule has 0 heterocycles. The third kappa shape index (κ3) is 5.17. The summed E-state index contributed by atoms with van der Waals surface area (Å²) in [5.41, 5.74) is 3.52. The highest BCUT2D eigenvalue weighted by Crippen LogP contribution is 2.11. The molecule has 0 radical (unpaired) electrons. The van der Waals surface area contributed by atoms with Gasteiger partial charge in [0.05, 0.1) is 5.71 Å². The summed E-state index contributed by atoms with van der Waals surface area (Å²) in [6.45, 7) is 10.7. The molecular weight excluding hydrogens is 226 g/mol. The largest absolute Gasteiger partial charge is 0.455 e. The Balaban J connectivity index is 2.88. The molecule has 94 valence electrons. The summed E-state index contributed by atoms with van der Waals surface area (Å²) in [7, 11) is -1.58. The lowest BCUT2D eigenvalue weighted by molar-refractivity contribution is 0.334. The standard InChI is InChI=1S/C14H23NOSi/c1-6-7-14(15-16-17(3,4)5)13-10-8-12(2)9-11-13/h8-11H,6-7H2,1-5H3/b15-14+. The van der Waals surface area contributed by atoms with Crippen LogP contribution in [0.1, 0.15) is 30.9 Å². The van der Waals surface area contributed by atoms with Crippen LogP contribution in [0.2, 0.25) is 19.6 Å². The highest BCUT2D eigenvalue weighted by atomic mass is 28.4. The number of oxime groups is 1. The van der Waals surface area contributed by atoms with Crippen molar-refractivity contribution < 1.29 is 4.53 Å². The SMILES string of the molecule is CCC/C(=N\O[Si](C)(C)C)c1ccc(C)cc1. The molecule has 3 heteroatoms. The molecule has 0 aliphatic rings. The molecule has 0 saturated heterocycles. The van der Waals surface area contributed by atoms with Crippen LogP contribution < -0.4 is 0 Å². The fourth-order valence-electron chi connectivity index (χ4n) is 1.42. The van der Waals surface area contributed by atoms with Gasteiger partial charge in [-0.05, 0) is 38.5 Å². The number of benzene rings is 1. The van der Waals surface area contributed by atoms with E-state index in [2.05, 4.69) is 62.9 Å². The maximum absolute atomic E-state index is 5.66. The van der Waals surface area contributed by atoms with Crippen LogP contribution in [0, 0.1) is 6.92 Å². The number of aryl methyl sites for hydroxylation is 1. The lowest BCUT2D eigenvalue weighted by Crippen LogP contribution is -2.23. The molecule has 17 heavy (non-hydrogen) atoms. The molecule has 0 atom stereocenters. The van der Waals surface area contributed by atoms with Crippen LogP contribution in [0.25, 0.3) is 0 Å². The first-order chi connectivity index (χ1) is 7.92. The Kier molecular flexibility index (Phi) is 4.94. The maximum Gasteiger partial charge on any atom is 0.278 e. The van der Waals surface area contributed by atoms with Crippen molar-refractivity contribution in [3.63, 3.8) is 0 Å². The van der Waals surface area contributed by atoms with E-state index in [-0.39, 0.29) is 0 Å². The Hall–Kier alpha value is -1.09. The smallest absolute Gasteiger partial charge is 0.278 e. The molecule has 0 spiro atoms. The van der Waals surface area contributed by atoms with Crippen LogP contribution in [0.4, 0.5) is 0 Å². The molecule has 1 aromatic rings. The molecule has 0 fully saturated rings. The second kappa shape index (κ2) is 6.01. The normalized spacial score (nSPS) is 12.6. The molecule has 0 bridgehead atoms. The van der Waals surface area contributed by atoms with Crippen molar-refractivity contribution in [3.05, 3.63) is 35.4 Å². The van der Waals surface area contributed by atoms with E-state index in [4.69, 9.17) is 4.53 Å². The molecule has 0 amide bonds. The van der Waals surface area contributed by atoms with Crippen molar-refractivity contribution in [1.29, 1.82) is 0 Å². The van der Waals surface area contributed by atoms with Crippen LogP contribution in [0.3, 0.4) is 0 Å². The molecular formula is C14H23NOSi. The topological polar surface area (TPSA) is 21.6 Å². The Morgan fingerprint density at radius 3 is 2.24 bits per heavy atom. The minimum absolute atomic E-state index is 0.966. The van der Waals surface area contributed by atoms with Gasteiger partial charge < -0.3 is 4.53 Å². The Morgan fingerprint density at radius 2 is 1.76 bits per heavy atom. The van der Waals surface area contributed by atoms with Crippen LogP contribution in [0.15, 0.2) is 29.4 Å². The fraction of sp³-hybridized carbons (Fsp3) is 0.500. The van der Waals surface area contributed by atoms with Crippen molar-refractivity contribution in [1.82, 2.24) is 0 Å². The molecule has 2 nitrogen and oxygen atoms in total. The minimum atomic E-state index is -1.58. The first kappa shape index (κ1) is 14.0. The lowest BCUT2D eigenvalue weighted by Gasteiger charge is -2.15. The molecule has 1 aromatic carbocycles. The third-order valence-electron chi connectivity index (χ3n) is 2.30. The molecule has 0 unspecified atom stereocenters. The number of hydrogen-bond acceptors (Lipinski definition) is 2. The summed E-state index contributed by atoms with van der Waals surface area (Å²) in [6.07, 6.45) is 2.05. The Labute approximate surface area is 106 Å². The van der Waals surface area contributed by atoms with Gasteiger partial charge in [0.1, 0.15) is 0 Å². The van der Waals surface area contributed by atoms with Gasteiger partial charge in [0.15, 0.2) is 0 Å². The molecule has 0 saturated carbocycles. The van der Waals surface area contributed by atoms with Crippen molar-refractivity contribution in [2.45, 2.75) is 46.3 Å². The molecule has 0 aliphatic carbocycles. The maximum atomic E-state index is 5.66. The minimum Gasteiger partial charge on any atom is -0.455 e. The average molecular weight is 249 g/mol. The molecule has 0 N–H and O–H groups in total. The second-order valence-corrected chi connectivity index (χ2v) is 9.76. The van der Waals surface area contributed by atoms with E-state index in [1.54, 1.807) is 0 Å². The van der Waals surface area contributed by atoms with Crippen LogP contribution >= 0.6 is 0 Å². The monoisotopic (exact) mass is 249 g/mol. The fourth-order valence-corrected chi connectivity index (χ4v) is 1.80. The number of rotatable bonds is 5. The Morgan fingerprint density at radius 1 is 1.18 bits per heavy atom. The van der Waals surface area contributed by atoms with E-state index in [9.17, 15) is 0 Å². The lowest BCUT2D eigenvalue weighted by atomic mass is 10.0. The quantitative estimate of drug-likeness (QED) is 0.432. The average Bonchev–Trinajstić information content (AvgIpc) is 2.24. The van der Waals surface area contributed by atoms with Gasteiger partial charge in [0.2, 0.25) is 0 Å². The first-order valence-electron chi connectivity index (χ1n) is 6.24. The molecule has 0 aliphatic heterocycles. The summed E-state index contributed by atoms with van der Waals surface area (Å²) in [5.74, 6) is 0. The predicted molar refractivity (Wildman–Crippen MR) is 77.1 cm³/mol. The summed E-state index contributed by atoms with van der Waals surface area (Å²) >= 11 is 0. The second-order valence-electron chi connectivity index (χ2n) is 5.36. The van der Waals surface area contributed by atoms with E-state index >= 15 is 0 Å². The van der Waals surface area contributed by atoms with Gasteiger partial charge in [-0.2, -0.15) is 0 Å². The summed E-state index contributed by atoms with van der Waals surface area (Å²) in [5, 5.41) is 4.36. The van der Waals surface area contributed by atoms with E-state index in [1.807, 2.05) is 0 Å². The zero-order valence-corrected chi connectivity index (χ0v) is 12.6. The van der Waals surface area contributed by atoms with Crippen LogP contribution in [-0.2, 0) is 4.53 Å². The summed E-state index contributed by atoms with van der Waals surface area (Å²) in [4.78, 5) is 0. The number of nitrogens with zero attached hydrogens (tertiary/aromatic N) is 1. The van der Waals surface area contributed by atoms with Gasteiger partial charge >= 0.3 is 0 Å². The van der Waals surface area contributed by atoms with Crippen molar-refractivity contribution >= 4 is 14.0 Å². The Bertz CT molecular complexity index is 376. The van der Waals surface area contributed by atoms with Gasteiger partial charge in [0, 0.05) is 0 Å². The van der Waals surface area contributed by atoms with Gasteiger partial charge in [-0.15, -0.1) is 5.16 Å². The van der Waals surface area contributed by atoms with E-state index in [0.29, 0.717) is 0 Å². The van der Waals surface area contributed by atoms with E-state index in [1.165, 1.54) is 11.1 Å². The van der Waals surface area contributed by atoms with Gasteiger partial charge in [-0.3, -0.25) is 0 Å². The van der Waals surface area contributed by atoms with Gasteiger partial charge in [-0.1, -0.05) is 43.2 Å². The third-order valence-corrected chi connectivity index (χ3v) is 2.94. The predicted octanol–water partition coefficient (Wildman–Crippen LogP) is 4.35. The zero-order valence-electron chi connectivity index (χ0n) is 11.6. The summed E-state index contributed by atoms with van der Waals surface area (Å²) in [6, 6.07) is 8.48.